The van der Waals surface area contributed by atoms with Gasteiger partial charge in [0, 0.05) is 21.1 Å². The van der Waals surface area contributed by atoms with E-state index in [2.05, 4.69) is 44.5 Å². The van der Waals surface area contributed by atoms with Crippen molar-refractivity contribution in [2.24, 2.45) is 0 Å². The summed E-state index contributed by atoms with van der Waals surface area (Å²) in [6.07, 6.45) is 4.06. The fourth-order valence-electron chi connectivity index (χ4n) is 1.88. The normalized spacial score (nSPS) is 11.0. The van der Waals surface area contributed by atoms with Gasteiger partial charge in [0.1, 0.15) is 0 Å². The molecular formula is C13H10BrN3S. The average molecular weight is 320 g/mol. The highest BCUT2D eigenvalue weighted by Crippen LogP contribution is 2.29. The maximum absolute atomic E-state index is 4.29. The lowest BCUT2D eigenvalue weighted by molar-refractivity contribution is 1.10. The number of thioether (sulfide) groups is 1. The molecule has 3 rings (SSSR count). The molecule has 0 unspecified atom stereocenters. The number of nitrogens with zero attached hydrogens (tertiary/aromatic N) is 3. The molecule has 1 aromatic carbocycles. The van der Waals surface area contributed by atoms with Crippen molar-refractivity contribution in [1.82, 2.24) is 14.6 Å². The summed E-state index contributed by atoms with van der Waals surface area (Å²) in [5.74, 6) is 0.872. The summed E-state index contributed by atoms with van der Waals surface area (Å²) in [7, 11) is 0. The molecule has 0 atom stereocenters. The van der Waals surface area contributed by atoms with Gasteiger partial charge in [0.05, 0.1) is 0 Å². The van der Waals surface area contributed by atoms with Crippen LogP contribution < -0.4 is 0 Å². The van der Waals surface area contributed by atoms with E-state index in [0.717, 1.165) is 21.5 Å². The van der Waals surface area contributed by atoms with Gasteiger partial charge in [0.15, 0.2) is 11.5 Å². The third kappa shape index (κ3) is 1.93. The number of pyridine rings is 1. The molecule has 2 aromatic heterocycles. The minimum atomic E-state index is 0.851. The molecule has 3 aromatic rings. The van der Waals surface area contributed by atoms with E-state index in [1.54, 1.807) is 11.8 Å². The molecule has 0 amide bonds. The van der Waals surface area contributed by atoms with E-state index < -0.39 is 0 Å². The molecule has 0 spiro atoms. The number of aromatic nitrogens is 3. The fraction of sp³-hybridized carbons (Fsp3) is 0.0769. The molecule has 0 bridgehead atoms. The summed E-state index contributed by atoms with van der Waals surface area (Å²) in [6, 6.07) is 12.1. The zero-order valence-electron chi connectivity index (χ0n) is 9.67. The SMILES string of the molecule is CSc1ccccc1-c1nnc2ccc(Br)cn12. The second kappa shape index (κ2) is 4.74. The topological polar surface area (TPSA) is 30.2 Å². The highest BCUT2D eigenvalue weighted by molar-refractivity contribution is 9.10. The molecule has 0 saturated carbocycles. The van der Waals surface area contributed by atoms with Crippen LogP contribution in [0.4, 0.5) is 0 Å². The van der Waals surface area contributed by atoms with Gasteiger partial charge in [-0.25, -0.2) is 0 Å². The van der Waals surface area contributed by atoms with Crippen LogP contribution in [0.2, 0.25) is 0 Å². The minimum absolute atomic E-state index is 0.851. The average Bonchev–Trinajstić information content (AvgIpc) is 2.81. The van der Waals surface area contributed by atoms with Crippen molar-refractivity contribution in [2.75, 3.05) is 6.26 Å². The highest BCUT2D eigenvalue weighted by atomic mass is 79.9. The van der Waals surface area contributed by atoms with Crippen molar-refractivity contribution < 1.29 is 0 Å². The van der Waals surface area contributed by atoms with Gasteiger partial charge >= 0.3 is 0 Å². The first-order valence-corrected chi connectivity index (χ1v) is 7.45. The van der Waals surface area contributed by atoms with Crippen LogP contribution in [0, 0.1) is 0 Å². The van der Waals surface area contributed by atoms with Gasteiger partial charge in [-0.3, -0.25) is 4.40 Å². The van der Waals surface area contributed by atoms with E-state index >= 15 is 0 Å². The summed E-state index contributed by atoms with van der Waals surface area (Å²) in [5, 5.41) is 8.49. The Morgan fingerprint density at radius 2 is 1.94 bits per heavy atom. The lowest BCUT2D eigenvalue weighted by Crippen LogP contribution is -1.90. The van der Waals surface area contributed by atoms with E-state index in [4.69, 9.17) is 0 Å². The lowest BCUT2D eigenvalue weighted by Gasteiger charge is -2.05. The van der Waals surface area contributed by atoms with Crippen LogP contribution in [-0.2, 0) is 0 Å². The van der Waals surface area contributed by atoms with Gasteiger partial charge in [-0.2, -0.15) is 0 Å². The zero-order chi connectivity index (χ0) is 12.5. The van der Waals surface area contributed by atoms with E-state index in [-0.39, 0.29) is 0 Å². The van der Waals surface area contributed by atoms with Crippen molar-refractivity contribution in [3.63, 3.8) is 0 Å². The first kappa shape index (κ1) is 11.7. The zero-order valence-corrected chi connectivity index (χ0v) is 12.1. The number of rotatable bonds is 2. The fourth-order valence-corrected chi connectivity index (χ4v) is 2.81. The molecular weight excluding hydrogens is 310 g/mol. The predicted octanol–water partition coefficient (Wildman–Crippen LogP) is 3.88. The standard InChI is InChI=1S/C13H10BrN3S/c1-18-11-5-3-2-4-10(11)13-16-15-12-7-6-9(14)8-17(12)13/h2-8H,1H3. The van der Waals surface area contributed by atoms with E-state index in [0.29, 0.717) is 0 Å². The number of hydrogen-bond acceptors (Lipinski definition) is 3. The number of halogens is 1. The Balaban J connectivity index is 2.28. The number of benzene rings is 1. The Morgan fingerprint density at radius 3 is 2.78 bits per heavy atom. The number of hydrogen-bond donors (Lipinski definition) is 0. The Labute approximate surface area is 117 Å². The van der Waals surface area contributed by atoms with Crippen LogP contribution in [0.3, 0.4) is 0 Å². The Morgan fingerprint density at radius 1 is 1.11 bits per heavy atom. The summed E-state index contributed by atoms with van der Waals surface area (Å²) in [4.78, 5) is 1.20. The van der Waals surface area contributed by atoms with E-state index in [9.17, 15) is 0 Å². The van der Waals surface area contributed by atoms with Gasteiger partial charge in [-0.1, -0.05) is 18.2 Å². The number of fused-ring (bicyclic) bond motifs is 1. The molecule has 3 nitrogen and oxygen atoms in total. The summed E-state index contributed by atoms with van der Waals surface area (Å²) in [6.45, 7) is 0. The van der Waals surface area contributed by atoms with Crippen molar-refractivity contribution >= 4 is 33.3 Å². The molecule has 0 aliphatic heterocycles. The molecule has 90 valence electrons. The van der Waals surface area contributed by atoms with Crippen molar-refractivity contribution in [3.8, 4) is 11.4 Å². The Hall–Kier alpha value is -1.33. The van der Waals surface area contributed by atoms with Crippen molar-refractivity contribution in [2.45, 2.75) is 4.90 Å². The smallest absolute Gasteiger partial charge is 0.169 e. The first-order chi connectivity index (χ1) is 8.79. The maximum Gasteiger partial charge on any atom is 0.169 e. The van der Waals surface area contributed by atoms with Crippen LogP contribution in [0.25, 0.3) is 17.0 Å². The first-order valence-electron chi connectivity index (χ1n) is 5.43. The Kier molecular flexibility index (Phi) is 3.09. The summed E-state index contributed by atoms with van der Waals surface area (Å²) >= 11 is 5.19. The van der Waals surface area contributed by atoms with Crippen LogP contribution in [0.15, 0.2) is 52.0 Å². The lowest BCUT2D eigenvalue weighted by atomic mass is 10.2. The second-order valence-corrected chi connectivity index (χ2v) is 5.56. The molecule has 0 saturated heterocycles. The van der Waals surface area contributed by atoms with Gasteiger partial charge in [-0.15, -0.1) is 22.0 Å². The third-order valence-electron chi connectivity index (χ3n) is 2.71. The molecule has 5 heteroatoms. The minimum Gasteiger partial charge on any atom is -0.281 e. The second-order valence-electron chi connectivity index (χ2n) is 3.80. The van der Waals surface area contributed by atoms with Crippen LogP contribution in [0.1, 0.15) is 0 Å². The quantitative estimate of drug-likeness (QED) is 0.671. The molecule has 2 heterocycles. The molecule has 0 fully saturated rings. The third-order valence-corrected chi connectivity index (χ3v) is 3.98. The van der Waals surface area contributed by atoms with Crippen LogP contribution in [0.5, 0.6) is 0 Å². The predicted molar refractivity (Wildman–Crippen MR) is 77.9 cm³/mol. The maximum atomic E-state index is 4.29. The molecule has 0 N–H and O–H groups in total. The van der Waals surface area contributed by atoms with Crippen molar-refractivity contribution in [3.05, 3.63) is 47.1 Å². The van der Waals surface area contributed by atoms with Gasteiger partial charge in [0.2, 0.25) is 0 Å². The van der Waals surface area contributed by atoms with Gasteiger partial charge in [0.25, 0.3) is 0 Å². The Bertz CT molecular complexity index is 708. The largest absolute Gasteiger partial charge is 0.281 e. The van der Waals surface area contributed by atoms with Crippen molar-refractivity contribution in [1.29, 1.82) is 0 Å². The van der Waals surface area contributed by atoms with Gasteiger partial charge in [-0.05, 0) is 40.4 Å². The van der Waals surface area contributed by atoms with E-state index in [1.807, 2.05) is 34.9 Å². The molecule has 0 radical (unpaired) electrons. The summed E-state index contributed by atoms with van der Waals surface area (Å²) < 4.78 is 3.01. The summed E-state index contributed by atoms with van der Waals surface area (Å²) in [5.41, 5.74) is 1.96. The molecule has 18 heavy (non-hydrogen) atoms. The van der Waals surface area contributed by atoms with Crippen LogP contribution in [-0.4, -0.2) is 20.9 Å². The van der Waals surface area contributed by atoms with Crippen LogP contribution >= 0.6 is 27.7 Å². The van der Waals surface area contributed by atoms with E-state index in [1.165, 1.54) is 4.90 Å². The molecule has 0 aliphatic carbocycles. The van der Waals surface area contributed by atoms with Gasteiger partial charge < -0.3 is 0 Å². The highest BCUT2D eigenvalue weighted by Gasteiger charge is 2.11. The molecule has 0 aliphatic rings. The monoisotopic (exact) mass is 319 g/mol.